The van der Waals surface area contributed by atoms with E-state index in [-0.39, 0.29) is 18.1 Å². The van der Waals surface area contributed by atoms with Gasteiger partial charge in [-0.3, -0.25) is 4.79 Å². The minimum atomic E-state index is -0.882. The molecule has 0 saturated heterocycles. The van der Waals surface area contributed by atoms with Crippen LogP contribution in [-0.4, -0.2) is 18.2 Å². The van der Waals surface area contributed by atoms with E-state index in [1.165, 1.54) is 13.2 Å². The lowest BCUT2D eigenvalue weighted by atomic mass is 9.79. The summed E-state index contributed by atoms with van der Waals surface area (Å²) in [5.74, 6) is -0.989. The van der Waals surface area contributed by atoms with Crippen LogP contribution in [-0.2, 0) is 11.2 Å². The SMILES string of the molecule is COc1cccc(CC(C)(C(=O)O)C2CC2)c1F. The second-order valence-electron chi connectivity index (χ2n) is 5.11. The van der Waals surface area contributed by atoms with Crippen LogP contribution in [0.1, 0.15) is 25.3 Å². The van der Waals surface area contributed by atoms with Gasteiger partial charge in [0.25, 0.3) is 0 Å². The first-order chi connectivity index (χ1) is 8.49. The topological polar surface area (TPSA) is 46.5 Å². The molecule has 1 aromatic carbocycles. The molecule has 4 heteroatoms. The van der Waals surface area contributed by atoms with Gasteiger partial charge in [-0.25, -0.2) is 4.39 Å². The minimum Gasteiger partial charge on any atom is -0.494 e. The fourth-order valence-corrected chi connectivity index (χ4v) is 2.36. The third-order valence-corrected chi connectivity index (χ3v) is 3.79. The highest BCUT2D eigenvalue weighted by Gasteiger charge is 2.47. The first-order valence-corrected chi connectivity index (χ1v) is 6.04. The van der Waals surface area contributed by atoms with E-state index in [4.69, 9.17) is 4.74 Å². The van der Waals surface area contributed by atoms with Crippen LogP contribution >= 0.6 is 0 Å². The van der Waals surface area contributed by atoms with Gasteiger partial charge in [-0.05, 0) is 43.7 Å². The van der Waals surface area contributed by atoms with Crippen LogP contribution in [0.4, 0.5) is 4.39 Å². The van der Waals surface area contributed by atoms with Crippen molar-refractivity contribution < 1.29 is 19.0 Å². The highest BCUT2D eigenvalue weighted by Crippen LogP contribution is 2.48. The maximum Gasteiger partial charge on any atom is 0.309 e. The maximum absolute atomic E-state index is 14.0. The van der Waals surface area contributed by atoms with Crippen molar-refractivity contribution in [1.29, 1.82) is 0 Å². The molecular weight excluding hydrogens is 235 g/mol. The lowest BCUT2D eigenvalue weighted by Crippen LogP contribution is -2.32. The summed E-state index contributed by atoms with van der Waals surface area (Å²) in [6.07, 6.45) is 2.03. The van der Waals surface area contributed by atoms with E-state index in [9.17, 15) is 14.3 Å². The van der Waals surface area contributed by atoms with E-state index in [0.717, 1.165) is 12.8 Å². The molecule has 0 amide bonds. The molecule has 1 aliphatic carbocycles. The summed E-state index contributed by atoms with van der Waals surface area (Å²) >= 11 is 0. The van der Waals surface area contributed by atoms with E-state index >= 15 is 0 Å². The Labute approximate surface area is 106 Å². The summed E-state index contributed by atoms with van der Waals surface area (Å²) in [5, 5.41) is 9.37. The lowest BCUT2D eigenvalue weighted by molar-refractivity contribution is -0.149. The van der Waals surface area contributed by atoms with Crippen molar-refractivity contribution >= 4 is 5.97 Å². The lowest BCUT2D eigenvalue weighted by Gasteiger charge is -2.25. The van der Waals surface area contributed by atoms with Crippen molar-refractivity contribution in [2.45, 2.75) is 26.2 Å². The van der Waals surface area contributed by atoms with E-state index < -0.39 is 17.2 Å². The fraction of sp³-hybridized carbons (Fsp3) is 0.500. The Balaban J connectivity index is 2.30. The molecule has 1 atom stereocenters. The first-order valence-electron chi connectivity index (χ1n) is 6.04. The minimum absolute atomic E-state index is 0.153. The molecule has 1 N–H and O–H groups in total. The largest absolute Gasteiger partial charge is 0.494 e. The van der Waals surface area contributed by atoms with Crippen molar-refractivity contribution in [1.82, 2.24) is 0 Å². The zero-order valence-electron chi connectivity index (χ0n) is 10.6. The van der Waals surface area contributed by atoms with Crippen LogP contribution in [0, 0.1) is 17.2 Å². The summed E-state index contributed by atoms with van der Waals surface area (Å²) in [7, 11) is 1.40. The number of aliphatic carboxylic acids is 1. The van der Waals surface area contributed by atoms with Crippen molar-refractivity contribution in [3.05, 3.63) is 29.6 Å². The predicted molar refractivity (Wildman–Crippen MR) is 65.1 cm³/mol. The second-order valence-corrected chi connectivity index (χ2v) is 5.11. The molecule has 0 aliphatic heterocycles. The standard InChI is InChI=1S/C14H17FO3/c1-14(13(16)17,10-6-7-10)8-9-4-3-5-11(18-2)12(9)15/h3-5,10H,6-8H2,1-2H3,(H,16,17). The second kappa shape index (κ2) is 4.59. The molecular formula is C14H17FO3. The summed E-state index contributed by atoms with van der Waals surface area (Å²) in [5.41, 5.74) is -0.473. The van der Waals surface area contributed by atoms with Gasteiger partial charge in [0, 0.05) is 0 Å². The maximum atomic E-state index is 14.0. The zero-order chi connectivity index (χ0) is 13.3. The van der Waals surface area contributed by atoms with Crippen molar-refractivity contribution in [2.75, 3.05) is 7.11 Å². The van der Waals surface area contributed by atoms with E-state index in [1.807, 2.05) is 0 Å². The quantitative estimate of drug-likeness (QED) is 0.876. The molecule has 1 saturated carbocycles. The van der Waals surface area contributed by atoms with Crippen LogP contribution < -0.4 is 4.74 Å². The van der Waals surface area contributed by atoms with Crippen LogP contribution in [0.15, 0.2) is 18.2 Å². The van der Waals surface area contributed by atoms with Gasteiger partial charge in [0.05, 0.1) is 12.5 Å². The molecule has 0 radical (unpaired) electrons. The Morgan fingerprint density at radius 1 is 1.56 bits per heavy atom. The summed E-state index contributed by atoms with van der Waals surface area (Å²) in [4.78, 5) is 11.4. The molecule has 1 aromatic rings. The number of carbonyl (C=O) groups is 1. The number of methoxy groups -OCH3 is 1. The summed E-state index contributed by atoms with van der Waals surface area (Å²) in [6.45, 7) is 1.70. The normalized spacial score (nSPS) is 18.2. The average Bonchev–Trinajstić information content (AvgIpc) is 3.15. The zero-order valence-corrected chi connectivity index (χ0v) is 10.6. The Bertz CT molecular complexity index is 468. The Kier molecular flexibility index (Phi) is 3.28. The number of hydrogen-bond donors (Lipinski definition) is 1. The first kappa shape index (κ1) is 12.9. The number of carboxylic acid groups (broad SMARTS) is 1. The molecule has 0 spiro atoms. The van der Waals surface area contributed by atoms with Crippen LogP contribution in [0.2, 0.25) is 0 Å². The molecule has 1 fully saturated rings. The number of rotatable bonds is 5. The van der Waals surface area contributed by atoms with E-state index in [2.05, 4.69) is 0 Å². The number of hydrogen-bond acceptors (Lipinski definition) is 2. The van der Waals surface area contributed by atoms with Crippen molar-refractivity contribution in [3.63, 3.8) is 0 Å². The molecule has 98 valence electrons. The van der Waals surface area contributed by atoms with E-state index in [0.29, 0.717) is 5.56 Å². The molecule has 18 heavy (non-hydrogen) atoms. The van der Waals surface area contributed by atoms with Gasteiger partial charge in [0.2, 0.25) is 0 Å². The van der Waals surface area contributed by atoms with Gasteiger partial charge in [-0.2, -0.15) is 0 Å². The van der Waals surface area contributed by atoms with Gasteiger partial charge in [0.15, 0.2) is 11.6 Å². The molecule has 1 aliphatic rings. The van der Waals surface area contributed by atoms with E-state index in [1.54, 1.807) is 19.1 Å². The van der Waals surface area contributed by atoms with Crippen molar-refractivity contribution in [3.8, 4) is 5.75 Å². The predicted octanol–water partition coefficient (Wildman–Crippen LogP) is 2.88. The highest BCUT2D eigenvalue weighted by molar-refractivity contribution is 5.75. The molecule has 3 nitrogen and oxygen atoms in total. The van der Waals surface area contributed by atoms with Crippen LogP contribution in [0.5, 0.6) is 5.75 Å². The average molecular weight is 252 g/mol. The van der Waals surface area contributed by atoms with Gasteiger partial charge in [-0.15, -0.1) is 0 Å². The summed E-state index contributed by atoms with van der Waals surface area (Å²) < 4.78 is 18.9. The fourth-order valence-electron chi connectivity index (χ4n) is 2.36. The highest BCUT2D eigenvalue weighted by atomic mass is 19.1. The van der Waals surface area contributed by atoms with Crippen LogP contribution in [0.3, 0.4) is 0 Å². The van der Waals surface area contributed by atoms with Crippen LogP contribution in [0.25, 0.3) is 0 Å². The Morgan fingerprint density at radius 3 is 2.72 bits per heavy atom. The van der Waals surface area contributed by atoms with Crippen molar-refractivity contribution in [2.24, 2.45) is 11.3 Å². The molecule has 1 unspecified atom stereocenters. The molecule has 0 heterocycles. The number of benzene rings is 1. The van der Waals surface area contributed by atoms with Gasteiger partial charge in [-0.1, -0.05) is 12.1 Å². The number of halogens is 1. The molecule has 2 rings (SSSR count). The number of ether oxygens (including phenoxy) is 1. The monoisotopic (exact) mass is 252 g/mol. The molecule has 0 bridgehead atoms. The van der Waals surface area contributed by atoms with Gasteiger partial charge < -0.3 is 9.84 Å². The Morgan fingerprint density at radius 2 is 2.22 bits per heavy atom. The van der Waals surface area contributed by atoms with Gasteiger partial charge in [0.1, 0.15) is 0 Å². The van der Waals surface area contributed by atoms with Gasteiger partial charge >= 0.3 is 5.97 Å². The number of carboxylic acids is 1. The third-order valence-electron chi connectivity index (χ3n) is 3.79. The third kappa shape index (κ3) is 2.19. The Hall–Kier alpha value is -1.58. The summed E-state index contributed by atoms with van der Waals surface area (Å²) in [6, 6.07) is 4.85. The molecule has 0 aromatic heterocycles. The smallest absolute Gasteiger partial charge is 0.309 e.